The summed E-state index contributed by atoms with van der Waals surface area (Å²) in [5, 5.41) is 8.84. The number of carbonyl (C=O) groups is 2. The van der Waals surface area contributed by atoms with E-state index in [0.29, 0.717) is 5.02 Å². The Labute approximate surface area is 155 Å². The Hall–Kier alpha value is -2.38. The third-order valence-corrected chi connectivity index (χ3v) is 6.77. The number of halogens is 1. The van der Waals surface area contributed by atoms with Crippen molar-refractivity contribution in [3.05, 3.63) is 65.2 Å². The highest BCUT2D eigenvalue weighted by atomic mass is 35.5. The van der Waals surface area contributed by atoms with Crippen molar-refractivity contribution in [3.63, 3.8) is 0 Å². The molecule has 2 aromatic rings. The topological polar surface area (TPSA) is 91.8 Å². The second-order valence-electron chi connectivity index (χ2n) is 6.04. The molecule has 6 nitrogen and oxygen atoms in total. The van der Waals surface area contributed by atoms with E-state index in [1.165, 1.54) is 24.3 Å². The first-order chi connectivity index (χ1) is 12.3. The second-order valence-corrected chi connectivity index (χ2v) is 8.70. The molecule has 0 unspecified atom stereocenters. The summed E-state index contributed by atoms with van der Waals surface area (Å²) in [4.78, 5) is 25.6. The van der Waals surface area contributed by atoms with Gasteiger partial charge in [-0.15, -0.1) is 0 Å². The maximum absolute atomic E-state index is 12.8. The van der Waals surface area contributed by atoms with Crippen molar-refractivity contribution in [2.24, 2.45) is 0 Å². The number of amides is 1. The highest BCUT2D eigenvalue weighted by Crippen LogP contribution is 2.29. The van der Waals surface area contributed by atoms with Gasteiger partial charge in [0.25, 0.3) is 5.91 Å². The normalized spacial score (nSPS) is 20.1. The van der Waals surface area contributed by atoms with Gasteiger partial charge < -0.3 is 10.0 Å². The third kappa shape index (κ3) is 3.45. The summed E-state index contributed by atoms with van der Waals surface area (Å²) in [5.41, 5.74) is 0.224. The maximum Gasteiger partial charge on any atom is 0.326 e. The SMILES string of the molecule is O=C(O)[C@@H]1C[C@@H](S(=O)(=O)c2ccccc2)CN1C(=O)c1cccc(Cl)c1. The van der Waals surface area contributed by atoms with Gasteiger partial charge in [0.15, 0.2) is 9.84 Å². The summed E-state index contributed by atoms with van der Waals surface area (Å²) in [5.74, 6) is -1.78. The minimum atomic E-state index is -3.75. The van der Waals surface area contributed by atoms with Crippen molar-refractivity contribution in [3.8, 4) is 0 Å². The number of carbonyl (C=O) groups excluding carboxylic acids is 1. The number of benzene rings is 2. The van der Waals surface area contributed by atoms with E-state index in [4.69, 9.17) is 11.6 Å². The van der Waals surface area contributed by atoms with Crippen LogP contribution in [-0.2, 0) is 14.6 Å². The molecule has 0 saturated carbocycles. The lowest BCUT2D eigenvalue weighted by Gasteiger charge is -2.21. The number of carboxylic acids is 1. The molecule has 0 bridgehead atoms. The average Bonchev–Trinajstić information content (AvgIpc) is 3.08. The van der Waals surface area contributed by atoms with E-state index in [-0.39, 0.29) is 23.4 Å². The van der Waals surface area contributed by atoms with Crippen LogP contribution < -0.4 is 0 Å². The van der Waals surface area contributed by atoms with Crippen molar-refractivity contribution >= 4 is 33.3 Å². The molecule has 26 heavy (non-hydrogen) atoms. The minimum absolute atomic E-state index is 0.117. The van der Waals surface area contributed by atoms with Crippen molar-refractivity contribution in [2.75, 3.05) is 6.54 Å². The van der Waals surface area contributed by atoms with Crippen LogP contribution in [0.3, 0.4) is 0 Å². The van der Waals surface area contributed by atoms with E-state index in [0.717, 1.165) is 4.90 Å². The fourth-order valence-electron chi connectivity index (χ4n) is 3.07. The Morgan fingerprint density at radius 2 is 1.77 bits per heavy atom. The fourth-order valence-corrected chi connectivity index (χ4v) is 4.97. The van der Waals surface area contributed by atoms with Gasteiger partial charge in [0.05, 0.1) is 10.1 Å². The van der Waals surface area contributed by atoms with E-state index in [9.17, 15) is 23.1 Å². The van der Waals surface area contributed by atoms with Crippen molar-refractivity contribution in [1.29, 1.82) is 0 Å². The number of hydrogen-bond acceptors (Lipinski definition) is 4. The summed E-state index contributed by atoms with van der Waals surface area (Å²) in [7, 11) is -3.75. The van der Waals surface area contributed by atoms with Crippen LogP contribution in [0.4, 0.5) is 0 Å². The molecule has 1 saturated heterocycles. The Morgan fingerprint density at radius 3 is 2.38 bits per heavy atom. The molecule has 0 aliphatic carbocycles. The molecule has 1 aliphatic rings. The first-order valence-electron chi connectivity index (χ1n) is 7.89. The smallest absolute Gasteiger partial charge is 0.326 e. The molecule has 0 spiro atoms. The van der Waals surface area contributed by atoms with Crippen LogP contribution in [-0.4, -0.2) is 48.1 Å². The molecule has 0 aromatic heterocycles. The van der Waals surface area contributed by atoms with Crippen LogP contribution >= 0.6 is 11.6 Å². The zero-order chi connectivity index (χ0) is 18.9. The standard InChI is InChI=1S/C18H16ClNO5S/c19-13-6-4-5-12(9-13)17(21)20-11-15(10-16(20)18(22)23)26(24,25)14-7-2-1-3-8-14/h1-9,15-16H,10-11H2,(H,22,23)/t15-,16+/m1/s1. The van der Waals surface area contributed by atoms with Gasteiger partial charge >= 0.3 is 5.97 Å². The van der Waals surface area contributed by atoms with Gasteiger partial charge in [-0.3, -0.25) is 4.79 Å². The molecule has 1 heterocycles. The van der Waals surface area contributed by atoms with Crippen molar-refractivity contribution in [2.45, 2.75) is 22.6 Å². The number of hydrogen-bond donors (Lipinski definition) is 1. The molecule has 136 valence electrons. The molecule has 1 amide bonds. The summed E-state index contributed by atoms with van der Waals surface area (Å²) in [6.45, 7) is -0.181. The van der Waals surface area contributed by atoms with Gasteiger partial charge in [-0.05, 0) is 36.8 Å². The highest BCUT2D eigenvalue weighted by molar-refractivity contribution is 7.92. The van der Waals surface area contributed by atoms with Gasteiger partial charge in [0.1, 0.15) is 6.04 Å². The van der Waals surface area contributed by atoms with E-state index in [1.807, 2.05) is 0 Å². The average molecular weight is 394 g/mol. The van der Waals surface area contributed by atoms with E-state index >= 15 is 0 Å². The van der Waals surface area contributed by atoms with Crippen LogP contribution in [0, 0.1) is 0 Å². The Kier molecular flexibility index (Phi) is 5.02. The number of aliphatic carboxylic acids is 1. The second kappa shape index (κ2) is 7.09. The molecule has 1 N–H and O–H groups in total. The first kappa shape index (κ1) is 18.4. The summed E-state index contributed by atoms with van der Waals surface area (Å²) in [6, 6.07) is 12.8. The van der Waals surface area contributed by atoms with Crippen LogP contribution in [0.25, 0.3) is 0 Å². The van der Waals surface area contributed by atoms with E-state index < -0.39 is 33.0 Å². The molecule has 8 heteroatoms. The number of nitrogens with zero attached hydrogens (tertiary/aromatic N) is 1. The predicted molar refractivity (Wildman–Crippen MR) is 95.9 cm³/mol. The van der Waals surface area contributed by atoms with Gasteiger partial charge in [0.2, 0.25) is 0 Å². The quantitative estimate of drug-likeness (QED) is 0.861. The molecule has 2 aromatic carbocycles. The molecule has 2 atom stereocenters. The number of likely N-dealkylation sites (tertiary alicyclic amines) is 1. The predicted octanol–water partition coefficient (Wildman–Crippen LogP) is 2.48. The van der Waals surface area contributed by atoms with Crippen LogP contribution in [0.2, 0.25) is 5.02 Å². The number of carboxylic acid groups (broad SMARTS) is 1. The summed E-state index contributed by atoms with van der Waals surface area (Å²) in [6.07, 6.45) is -0.154. The lowest BCUT2D eigenvalue weighted by Crippen LogP contribution is -2.40. The van der Waals surface area contributed by atoms with Crippen LogP contribution in [0.5, 0.6) is 0 Å². The van der Waals surface area contributed by atoms with Gasteiger partial charge in [0, 0.05) is 17.1 Å². The molecule has 1 aliphatic heterocycles. The highest BCUT2D eigenvalue weighted by Gasteiger charge is 2.45. The largest absolute Gasteiger partial charge is 0.480 e. The monoisotopic (exact) mass is 393 g/mol. The molecule has 0 radical (unpaired) electrons. The van der Waals surface area contributed by atoms with Gasteiger partial charge in [-0.2, -0.15) is 0 Å². The third-order valence-electron chi connectivity index (χ3n) is 4.39. The Bertz CT molecular complexity index is 945. The number of sulfone groups is 1. The fraction of sp³-hybridized carbons (Fsp3) is 0.222. The first-order valence-corrected chi connectivity index (χ1v) is 9.81. The summed E-state index contributed by atoms with van der Waals surface area (Å²) < 4.78 is 25.6. The lowest BCUT2D eigenvalue weighted by molar-refractivity contribution is -0.141. The lowest BCUT2D eigenvalue weighted by atomic mass is 10.1. The molecule has 3 rings (SSSR count). The molecule has 1 fully saturated rings. The molecular formula is C18H16ClNO5S. The Balaban J connectivity index is 1.92. The van der Waals surface area contributed by atoms with Crippen LogP contribution in [0.1, 0.15) is 16.8 Å². The minimum Gasteiger partial charge on any atom is -0.480 e. The maximum atomic E-state index is 12.8. The molecular weight excluding hydrogens is 378 g/mol. The summed E-state index contributed by atoms with van der Waals surface area (Å²) >= 11 is 5.89. The van der Waals surface area contributed by atoms with Crippen molar-refractivity contribution in [1.82, 2.24) is 4.90 Å². The van der Waals surface area contributed by atoms with Crippen molar-refractivity contribution < 1.29 is 23.1 Å². The van der Waals surface area contributed by atoms with Gasteiger partial charge in [-0.25, -0.2) is 13.2 Å². The van der Waals surface area contributed by atoms with Crippen LogP contribution in [0.15, 0.2) is 59.5 Å². The van der Waals surface area contributed by atoms with E-state index in [1.54, 1.807) is 30.3 Å². The Morgan fingerprint density at radius 1 is 1.08 bits per heavy atom. The number of rotatable bonds is 4. The zero-order valence-electron chi connectivity index (χ0n) is 13.6. The van der Waals surface area contributed by atoms with Gasteiger partial charge in [-0.1, -0.05) is 35.9 Å². The zero-order valence-corrected chi connectivity index (χ0v) is 15.2. The van der Waals surface area contributed by atoms with E-state index in [2.05, 4.69) is 0 Å².